The van der Waals surface area contributed by atoms with Crippen LogP contribution < -0.4 is 0 Å². The third kappa shape index (κ3) is 2.70. The molecule has 0 N–H and O–H groups in total. The first-order valence-electron chi connectivity index (χ1n) is 6.01. The molecule has 0 aromatic heterocycles. The lowest BCUT2D eigenvalue weighted by molar-refractivity contribution is 0.265. The van der Waals surface area contributed by atoms with Crippen LogP contribution in [-0.2, 0) is 6.54 Å². The highest BCUT2D eigenvalue weighted by Gasteiger charge is 2.20. The summed E-state index contributed by atoms with van der Waals surface area (Å²) in [7, 11) is 1.91. The summed E-state index contributed by atoms with van der Waals surface area (Å²) in [6, 6.07) is 10.7. The van der Waals surface area contributed by atoms with Gasteiger partial charge in [-0.15, -0.1) is 0 Å². The minimum Gasteiger partial charge on any atom is -0.296 e. The van der Waals surface area contributed by atoms with E-state index in [9.17, 15) is 0 Å². The van der Waals surface area contributed by atoms with E-state index in [2.05, 4.69) is 47.1 Å². The molecule has 1 aromatic rings. The third-order valence-corrected chi connectivity index (χ3v) is 3.37. The summed E-state index contributed by atoms with van der Waals surface area (Å²) in [4.78, 5) is 6.88. The molecule has 2 nitrogen and oxygen atoms in total. The van der Waals surface area contributed by atoms with Gasteiger partial charge in [0.2, 0.25) is 0 Å². The highest BCUT2D eigenvalue weighted by molar-refractivity contribution is 5.88. The van der Waals surface area contributed by atoms with Crippen molar-refractivity contribution in [2.45, 2.75) is 19.9 Å². The molecule has 2 rings (SSSR count). The summed E-state index contributed by atoms with van der Waals surface area (Å²) in [5.41, 5.74) is 2.75. The van der Waals surface area contributed by atoms with Crippen molar-refractivity contribution in [1.29, 1.82) is 0 Å². The van der Waals surface area contributed by atoms with Gasteiger partial charge in [-0.1, -0.05) is 37.3 Å². The minimum absolute atomic E-state index is 0.664. The zero-order chi connectivity index (χ0) is 11.4. The van der Waals surface area contributed by atoms with Crippen molar-refractivity contribution in [3.05, 3.63) is 35.9 Å². The molecule has 1 atom stereocenters. The van der Waals surface area contributed by atoms with Crippen molar-refractivity contribution in [1.82, 2.24) is 4.90 Å². The Morgan fingerprint density at radius 3 is 2.75 bits per heavy atom. The lowest BCUT2D eigenvalue weighted by Crippen LogP contribution is -2.39. The smallest absolute Gasteiger partial charge is 0.0369 e. The Kier molecular flexibility index (Phi) is 3.73. The second-order valence-corrected chi connectivity index (χ2v) is 4.60. The van der Waals surface area contributed by atoms with E-state index in [0.717, 1.165) is 13.1 Å². The summed E-state index contributed by atoms with van der Waals surface area (Å²) < 4.78 is 0. The largest absolute Gasteiger partial charge is 0.296 e. The number of hydrogen-bond donors (Lipinski definition) is 0. The Hall–Kier alpha value is -1.15. The van der Waals surface area contributed by atoms with Gasteiger partial charge in [-0.2, -0.15) is 0 Å². The van der Waals surface area contributed by atoms with Crippen LogP contribution >= 0.6 is 0 Å². The first-order chi connectivity index (χ1) is 7.79. The molecule has 1 unspecified atom stereocenters. The monoisotopic (exact) mass is 216 g/mol. The van der Waals surface area contributed by atoms with E-state index in [0.29, 0.717) is 5.92 Å². The molecule has 2 heteroatoms. The van der Waals surface area contributed by atoms with E-state index in [1.165, 1.54) is 24.2 Å². The van der Waals surface area contributed by atoms with Crippen molar-refractivity contribution >= 4 is 5.71 Å². The third-order valence-electron chi connectivity index (χ3n) is 3.37. The zero-order valence-electron chi connectivity index (χ0n) is 10.2. The molecule has 1 heterocycles. The lowest BCUT2D eigenvalue weighted by atomic mass is 9.96. The average molecular weight is 216 g/mol. The van der Waals surface area contributed by atoms with Crippen LogP contribution in [0.25, 0.3) is 0 Å². The standard InChI is InChI=1S/C14H20N2/c1-12-8-9-16(11-14(12)15-2)10-13-6-4-3-5-7-13/h3-7,12H,8-11H2,1-2H3/b15-14-. The number of piperidine rings is 1. The molecule has 0 aliphatic carbocycles. The Labute approximate surface area is 98.0 Å². The van der Waals surface area contributed by atoms with Gasteiger partial charge in [0.15, 0.2) is 0 Å². The zero-order valence-corrected chi connectivity index (χ0v) is 10.2. The van der Waals surface area contributed by atoms with Crippen LogP contribution in [0.4, 0.5) is 0 Å². The summed E-state index contributed by atoms with van der Waals surface area (Å²) in [5.74, 6) is 0.664. The molecule has 0 bridgehead atoms. The molecule has 1 aliphatic heterocycles. The first kappa shape index (κ1) is 11.3. The highest BCUT2D eigenvalue weighted by atomic mass is 15.1. The summed E-state index contributed by atoms with van der Waals surface area (Å²) >= 11 is 0. The Morgan fingerprint density at radius 1 is 1.31 bits per heavy atom. The van der Waals surface area contributed by atoms with Gasteiger partial charge >= 0.3 is 0 Å². The fourth-order valence-electron chi connectivity index (χ4n) is 2.27. The minimum atomic E-state index is 0.664. The van der Waals surface area contributed by atoms with Crippen molar-refractivity contribution in [3.63, 3.8) is 0 Å². The maximum Gasteiger partial charge on any atom is 0.0369 e. The van der Waals surface area contributed by atoms with Crippen LogP contribution in [-0.4, -0.2) is 30.7 Å². The first-order valence-corrected chi connectivity index (χ1v) is 6.01. The molecular formula is C14H20N2. The summed E-state index contributed by atoms with van der Waals surface area (Å²) in [5, 5.41) is 0. The quantitative estimate of drug-likeness (QED) is 0.742. The predicted molar refractivity (Wildman–Crippen MR) is 68.9 cm³/mol. The van der Waals surface area contributed by atoms with E-state index in [4.69, 9.17) is 0 Å². The van der Waals surface area contributed by atoms with Gasteiger partial charge in [0.25, 0.3) is 0 Å². The van der Waals surface area contributed by atoms with Crippen molar-refractivity contribution in [2.24, 2.45) is 10.9 Å². The van der Waals surface area contributed by atoms with Crippen molar-refractivity contribution in [3.8, 4) is 0 Å². The van der Waals surface area contributed by atoms with Gasteiger partial charge < -0.3 is 0 Å². The van der Waals surface area contributed by atoms with E-state index in [1.54, 1.807) is 0 Å². The highest BCUT2D eigenvalue weighted by Crippen LogP contribution is 2.16. The Balaban J connectivity index is 1.97. The summed E-state index contributed by atoms with van der Waals surface area (Å²) in [6.07, 6.45) is 1.24. The maximum atomic E-state index is 4.40. The van der Waals surface area contributed by atoms with E-state index >= 15 is 0 Å². The number of aliphatic imine (C=N–C) groups is 1. The fraction of sp³-hybridized carbons (Fsp3) is 0.500. The van der Waals surface area contributed by atoms with E-state index < -0.39 is 0 Å². The lowest BCUT2D eigenvalue weighted by Gasteiger charge is -2.31. The predicted octanol–water partition coefficient (Wildman–Crippen LogP) is 2.60. The number of rotatable bonds is 2. The number of benzene rings is 1. The molecule has 86 valence electrons. The molecule has 0 saturated carbocycles. The van der Waals surface area contributed by atoms with Gasteiger partial charge in [-0.25, -0.2) is 0 Å². The molecular weight excluding hydrogens is 196 g/mol. The molecule has 0 radical (unpaired) electrons. The fourth-order valence-corrected chi connectivity index (χ4v) is 2.27. The van der Waals surface area contributed by atoms with Gasteiger partial charge in [0.05, 0.1) is 0 Å². The Bertz CT molecular complexity index is 356. The van der Waals surface area contributed by atoms with Crippen LogP contribution in [0.2, 0.25) is 0 Å². The molecule has 1 aromatic carbocycles. The van der Waals surface area contributed by atoms with Crippen molar-refractivity contribution < 1.29 is 0 Å². The molecule has 1 fully saturated rings. The number of hydrogen-bond acceptors (Lipinski definition) is 2. The van der Waals surface area contributed by atoms with E-state index in [1.807, 2.05) is 7.05 Å². The van der Waals surface area contributed by atoms with Crippen LogP contribution in [0.1, 0.15) is 18.9 Å². The SMILES string of the molecule is C/N=C1/CN(Cc2ccccc2)CCC1C. The van der Waals surface area contributed by atoms with Gasteiger partial charge in [-0.3, -0.25) is 9.89 Å². The molecule has 0 amide bonds. The average Bonchev–Trinajstić information content (AvgIpc) is 2.33. The molecule has 1 saturated heterocycles. The molecule has 0 spiro atoms. The van der Waals surface area contributed by atoms with E-state index in [-0.39, 0.29) is 0 Å². The van der Waals surface area contributed by atoms with Crippen LogP contribution in [0.5, 0.6) is 0 Å². The second kappa shape index (κ2) is 5.26. The number of likely N-dealkylation sites (tertiary alicyclic amines) is 1. The van der Waals surface area contributed by atoms with Crippen LogP contribution in [0.3, 0.4) is 0 Å². The number of nitrogens with zero attached hydrogens (tertiary/aromatic N) is 2. The summed E-state index contributed by atoms with van der Waals surface area (Å²) in [6.45, 7) is 5.55. The molecule has 1 aliphatic rings. The normalized spacial score (nSPS) is 24.9. The maximum absolute atomic E-state index is 4.40. The second-order valence-electron chi connectivity index (χ2n) is 4.60. The molecule has 16 heavy (non-hydrogen) atoms. The van der Waals surface area contributed by atoms with Crippen LogP contribution in [0.15, 0.2) is 35.3 Å². The van der Waals surface area contributed by atoms with Crippen LogP contribution in [0, 0.1) is 5.92 Å². The van der Waals surface area contributed by atoms with Gasteiger partial charge in [-0.05, 0) is 24.4 Å². The van der Waals surface area contributed by atoms with Gasteiger partial charge in [0.1, 0.15) is 0 Å². The van der Waals surface area contributed by atoms with Crippen molar-refractivity contribution in [2.75, 3.05) is 20.1 Å². The van der Waals surface area contributed by atoms with Gasteiger partial charge in [0, 0.05) is 25.8 Å². The topological polar surface area (TPSA) is 15.6 Å². The Morgan fingerprint density at radius 2 is 2.06 bits per heavy atom.